The lowest BCUT2D eigenvalue weighted by Gasteiger charge is -1.82. The van der Waals surface area contributed by atoms with Gasteiger partial charge in [0.25, 0.3) is 0 Å². The Hall–Kier alpha value is -0.0100. The molecule has 0 saturated heterocycles. The standard InChI is InChI=1S/C8H6BrI/c1-7(5-6-10)3-4-8(2)9/h3-4H,1-2H2/b4-3-. The number of hydrogen-bond donors (Lipinski definition) is 0. The fourth-order valence-electron chi connectivity index (χ4n) is 0.293. The summed E-state index contributed by atoms with van der Waals surface area (Å²) in [4.78, 5) is 0. The Morgan fingerprint density at radius 1 is 1.40 bits per heavy atom. The monoisotopic (exact) mass is 308 g/mol. The van der Waals surface area contributed by atoms with Crippen LogP contribution >= 0.6 is 38.5 Å². The largest absolute Gasteiger partial charge is 0.0847 e. The second-order valence-corrected chi connectivity index (χ2v) is 3.08. The van der Waals surface area contributed by atoms with Gasteiger partial charge in [0.05, 0.1) is 0 Å². The van der Waals surface area contributed by atoms with E-state index in [1.54, 1.807) is 0 Å². The Bertz CT molecular complexity index is 227. The second kappa shape index (κ2) is 5.75. The van der Waals surface area contributed by atoms with Crippen molar-refractivity contribution in [2.45, 2.75) is 0 Å². The summed E-state index contributed by atoms with van der Waals surface area (Å²) >= 11 is 5.15. The summed E-state index contributed by atoms with van der Waals surface area (Å²) in [6, 6.07) is 0. The SMILES string of the molecule is C=C(Br)/C=C\C(=C)C#CI. The van der Waals surface area contributed by atoms with E-state index in [4.69, 9.17) is 0 Å². The van der Waals surface area contributed by atoms with Crippen molar-refractivity contribution in [1.29, 1.82) is 0 Å². The van der Waals surface area contributed by atoms with Gasteiger partial charge in [0.1, 0.15) is 0 Å². The second-order valence-electron chi connectivity index (χ2n) is 1.52. The Morgan fingerprint density at radius 3 is 2.40 bits per heavy atom. The molecule has 0 atom stereocenters. The molecule has 0 saturated carbocycles. The molecular formula is C8H6BrI. The third kappa shape index (κ3) is 6.12. The first-order valence-electron chi connectivity index (χ1n) is 2.50. The Balaban J connectivity index is 3.99. The lowest BCUT2D eigenvalue weighted by Crippen LogP contribution is -1.64. The van der Waals surface area contributed by atoms with E-state index in [-0.39, 0.29) is 0 Å². The van der Waals surface area contributed by atoms with Crippen LogP contribution < -0.4 is 0 Å². The third-order valence-electron chi connectivity index (χ3n) is 0.673. The van der Waals surface area contributed by atoms with Crippen molar-refractivity contribution in [1.82, 2.24) is 0 Å². The van der Waals surface area contributed by atoms with E-state index in [2.05, 4.69) is 38.9 Å². The van der Waals surface area contributed by atoms with Crippen LogP contribution in [0.2, 0.25) is 0 Å². The molecule has 2 heteroatoms. The van der Waals surface area contributed by atoms with Crippen molar-refractivity contribution < 1.29 is 0 Å². The maximum atomic E-state index is 3.69. The van der Waals surface area contributed by atoms with Gasteiger partial charge in [-0.25, -0.2) is 0 Å². The molecule has 0 heterocycles. The molecular weight excluding hydrogens is 303 g/mol. The minimum Gasteiger partial charge on any atom is -0.0847 e. The molecule has 0 unspecified atom stereocenters. The zero-order valence-electron chi connectivity index (χ0n) is 5.32. The van der Waals surface area contributed by atoms with Gasteiger partial charge in [-0.15, -0.1) is 0 Å². The van der Waals surface area contributed by atoms with E-state index in [1.165, 1.54) is 0 Å². The highest BCUT2D eigenvalue weighted by Gasteiger charge is 1.78. The van der Waals surface area contributed by atoms with Crippen LogP contribution in [0.1, 0.15) is 0 Å². The summed E-state index contributed by atoms with van der Waals surface area (Å²) in [5.41, 5.74) is 0.787. The Labute approximate surface area is 83.4 Å². The van der Waals surface area contributed by atoms with E-state index in [0.29, 0.717) is 0 Å². The van der Waals surface area contributed by atoms with Gasteiger partial charge in [0.2, 0.25) is 0 Å². The highest BCUT2D eigenvalue weighted by molar-refractivity contribution is 14.1. The van der Waals surface area contributed by atoms with E-state index in [9.17, 15) is 0 Å². The molecule has 0 nitrogen and oxygen atoms in total. The third-order valence-corrected chi connectivity index (χ3v) is 1.21. The summed E-state index contributed by atoms with van der Waals surface area (Å²) in [6.07, 6.45) is 3.62. The van der Waals surface area contributed by atoms with Gasteiger partial charge >= 0.3 is 0 Å². The summed E-state index contributed by atoms with van der Waals surface area (Å²) in [5.74, 6) is 2.79. The van der Waals surface area contributed by atoms with Crippen molar-refractivity contribution in [3.63, 3.8) is 0 Å². The zero-order valence-corrected chi connectivity index (χ0v) is 9.07. The molecule has 52 valence electrons. The minimum atomic E-state index is 0.787. The summed E-state index contributed by atoms with van der Waals surface area (Å²) in [5, 5.41) is 0. The molecule has 0 aliphatic rings. The molecule has 0 N–H and O–H groups in total. The molecule has 10 heavy (non-hydrogen) atoms. The molecule has 0 radical (unpaired) electrons. The van der Waals surface area contributed by atoms with E-state index >= 15 is 0 Å². The molecule has 0 amide bonds. The van der Waals surface area contributed by atoms with Crippen LogP contribution in [0.4, 0.5) is 0 Å². The van der Waals surface area contributed by atoms with Crippen LogP contribution in [-0.4, -0.2) is 0 Å². The number of halogens is 2. The first-order chi connectivity index (χ1) is 4.66. The first-order valence-corrected chi connectivity index (χ1v) is 4.37. The lowest BCUT2D eigenvalue weighted by molar-refractivity contribution is 1.82. The highest BCUT2D eigenvalue weighted by atomic mass is 127. The van der Waals surface area contributed by atoms with Gasteiger partial charge in [0, 0.05) is 32.6 Å². The molecule has 0 fully saturated rings. The average Bonchev–Trinajstić information content (AvgIpc) is 1.85. The molecule has 0 aromatic rings. The van der Waals surface area contributed by atoms with Crippen LogP contribution in [0.25, 0.3) is 0 Å². The average molecular weight is 309 g/mol. The van der Waals surface area contributed by atoms with Gasteiger partial charge in [-0.05, 0) is 16.1 Å². The smallest absolute Gasteiger partial charge is 0.0185 e. The molecule has 0 spiro atoms. The van der Waals surface area contributed by atoms with Crippen LogP contribution in [-0.2, 0) is 0 Å². The van der Waals surface area contributed by atoms with Gasteiger partial charge in [-0.1, -0.05) is 35.0 Å². The van der Waals surface area contributed by atoms with Crippen molar-refractivity contribution in [2.24, 2.45) is 0 Å². The fraction of sp³-hybridized carbons (Fsp3) is 0. The topological polar surface area (TPSA) is 0 Å². The van der Waals surface area contributed by atoms with Crippen molar-refractivity contribution >= 4 is 38.5 Å². The normalized spacial score (nSPS) is 8.60. The Morgan fingerprint density at radius 2 is 2.00 bits per heavy atom. The summed E-state index contributed by atoms with van der Waals surface area (Å²) in [7, 11) is 0. The molecule has 0 aromatic carbocycles. The van der Waals surface area contributed by atoms with E-state index < -0.39 is 0 Å². The predicted molar refractivity (Wildman–Crippen MR) is 58.1 cm³/mol. The van der Waals surface area contributed by atoms with Gasteiger partial charge in [-0.3, -0.25) is 0 Å². The lowest BCUT2D eigenvalue weighted by atomic mass is 10.3. The van der Waals surface area contributed by atoms with E-state index in [1.807, 2.05) is 34.7 Å². The number of hydrogen-bond acceptors (Lipinski definition) is 0. The highest BCUT2D eigenvalue weighted by Crippen LogP contribution is 2.03. The van der Waals surface area contributed by atoms with Gasteiger partial charge in [0.15, 0.2) is 0 Å². The van der Waals surface area contributed by atoms with Gasteiger partial charge < -0.3 is 0 Å². The molecule has 0 bridgehead atoms. The van der Waals surface area contributed by atoms with Crippen LogP contribution in [0.15, 0.2) is 35.4 Å². The van der Waals surface area contributed by atoms with Crippen molar-refractivity contribution in [3.05, 3.63) is 35.4 Å². The summed E-state index contributed by atoms with van der Waals surface area (Å²) < 4.78 is 3.54. The molecule has 0 aromatic heterocycles. The molecule has 0 rings (SSSR count). The fourth-order valence-corrected chi connectivity index (χ4v) is 0.772. The number of rotatable bonds is 2. The van der Waals surface area contributed by atoms with Crippen molar-refractivity contribution in [3.8, 4) is 9.85 Å². The number of allylic oxidation sites excluding steroid dienone is 4. The molecule has 0 aliphatic heterocycles. The maximum absolute atomic E-state index is 3.69. The van der Waals surface area contributed by atoms with Crippen molar-refractivity contribution in [2.75, 3.05) is 0 Å². The summed E-state index contributed by atoms with van der Waals surface area (Å²) in [6.45, 7) is 7.32. The molecule has 0 aliphatic carbocycles. The Kier molecular flexibility index (Phi) is 5.74. The van der Waals surface area contributed by atoms with Crippen LogP contribution in [0.5, 0.6) is 0 Å². The van der Waals surface area contributed by atoms with Gasteiger partial charge in [-0.2, -0.15) is 0 Å². The predicted octanol–water partition coefficient (Wildman–Crippen LogP) is 3.40. The first kappa shape index (κ1) is 9.99. The van der Waals surface area contributed by atoms with E-state index in [0.717, 1.165) is 10.1 Å². The quantitative estimate of drug-likeness (QED) is 0.417. The maximum Gasteiger partial charge on any atom is 0.0185 e. The zero-order chi connectivity index (χ0) is 7.98. The van der Waals surface area contributed by atoms with Crippen LogP contribution in [0.3, 0.4) is 0 Å². The minimum absolute atomic E-state index is 0.787. The van der Waals surface area contributed by atoms with Crippen LogP contribution in [0, 0.1) is 9.85 Å².